The normalized spacial score (nSPS) is 16.1. The highest BCUT2D eigenvalue weighted by molar-refractivity contribution is 7.80. The highest BCUT2D eigenvalue weighted by Crippen LogP contribution is 2.10. The summed E-state index contributed by atoms with van der Waals surface area (Å²) in [5.74, 6) is 0.136. The average molecular weight is 233 g/mol. The molecule has 0 heterocycles. The van der Waals surface area contributed by atoms with Gasteiger partial charge in [0.25, 0.3) is 0 Å². The minimum atomic E-state index is -0.349. The molecule has 0 spiro atoms. The van der Waals surface area contributed by atoms with Crippen LogP contribution < -0.4 is 0 Å². The minimum absolute atomic E-state index is 0.136. The quantitative estimate of drug-likeness (QED) is 0.412. The number of nitrogens with zero attached hydrogens (tertiary/aromatic N) is 2. The average Bonchev–Trinajstić information content (AvgIpc) is 2.14. The fraction of sp³-hybridized carbons (Fsp3) is 0.900. The van der Waals surface area contributed by atoms with Crippen molar-refractivity contribution in [3.63, 3.8) is 0 Å². The van der Waals surface area contributed by atoms with Crippen molar-refractivity contribution in [3.8, 4) is 0 Å². The van der Waals surface area contributed by atoms with Gasteiger partial charge in [-0.2, -0.15) is 12.6 Å². The number of hydrogen-bond donors (Lipinski definition) is 1. The van der Waals surface area contributed by atoms with Crippen LogP contribution in [0.2, 0.25) is 0 Å². The summed E-state index contributed by atoms with van der Waals surface area (Å²) in [6, 6.07) is -0.349. The molecule has 0 N–H and O–H groups in total. The number of carbonyl (C=O) groups excluding carboxylic acids is 1. The Morgan fingerprint density at radius 1 is 1.40 bits per heavy atom. The number of hydrazine groups is 1. The molecule has 0 aromatic rings. The van der Waals surface area contributed by atoms with Crippen molar-refractivity contribution >= 4 is 18.9 Å². The van der Waals surface area contributed by atoms with Gasteiger partial charge in [0.15, 0.2) is 0 Å². The number of carbonyl (C=O) groups is 1. The van der Waals surface area contributed by atoms with E-state index in [9.17, 15) is 10.0 Å². The molecule has 5 heteroatoms. The molecule has 0 rings (SSSR count). The second-order valence-corrected chi connectivity index (χ2v) is 5.04. The van der Waals surface area contributed by atoms with Crippen LogP contribution in [0.1, 0.15) is 27.2 Å². The van der Waals surface area contributed by atoms with E-state index in [1.54, 1.807) is 7.05 Å². The predicted molar refractivity (Wildman–Crippen MR) is 65.6 cm³/mol. The molecule has 0 saturated carbocycles. The minimum Gasteiger partial charge on any atom is -0.772 e. The molecule has 0 saturated heterocycles. The zero-order chi connectivity index (χ0) is 12.0. The molecule has 0 aliphatic rings. The van der Waals surface area contributed by atoms with E-state index in [2.05, 4.69) is 12.6 Å². The van der Waals surface area contributed by atoms with Crippen LogP contribution in [-0.2, 0) is 4.79 Å². The molecule has 0 aliphatic heterocycles. The lowest BCUT2D eigenvalue weighted by molar-refractivity contribution is -0.119. The second-order valence-electron chi connectivity index (χ2n) is 4.16. The van der Waals surface area contributed by atoms with E-state index < -0.39 is 0 Å². The van der Waals surface area contributed by atoms with Crippen molar-refractivity contribution in [2.24, 2.45) is 5.92 Å². The van der Waals surface area contributed by atoms with Crippen molar-refractivity contribution in [3.05, 3.63) is 5.21 Å². The largest absolute Gasteiger partial charge is 0.772 e. The molecule has 4 nitrogen and oxygen atoms in total. The van der Waals surface area contributed by atoms with Gasteiger partial charge < -0.3 is 15.2 Å². The van der Waals surface area contributed by atoms with Gasteiger partial charge in [-0.05, 0) is 12.3 Å². The van der Waals surface area contributed by atoms with E-state index in [4.69, 9.17) is 0 Å². The lowest BCUT2D eigenvalue weighted by atomic mass is 10.1. The van der Waals surface area contributed by atoms with Crippen molar-refractivity contribution in [1.82, 2.24) is 10.2 Å². The van der Waals surface area contributed by atoms with Crippen LogP contribution in [0, 0.1) is 11.1 Å². The maximum Gasteiger partial charge on any atom is 0.138 e. The lowest BCUT2D eigenvalue weighted by Crippen LogP contribution is -2.47. The molecule has 0 aromatic carbocycles. The summed E-state index contributed by atoms with van der Waals surface area (Å²) in [7, 11) is 1.65. The van der Waals surface area contributed by atoms with Crippen molar-refractivity contribution in [2.45, 2.75) is 38.5 Å². The molecule has 0 amide bonds. The topological polar surface area (TPSA) is 46.6 Å². The Morgan fingerprint density at radius 3 is 2.27 bits per heavy atom. The molecule has 15 heavy (non-hydrogen) atoms. The van der Waals surface area contributed by atoms with Gasteiger partial charge in [0, 0.05) is 18.8 Å². The molecular weight excluding hydrogens is 212 g/mol. The van der Waals surface area contributed by atoms with Gasteiger partial charge in [-0.25, -0.2) is 5.01 Å². The van der Waals surface area contributed by atoms with Crippen LogP contribution in [0.15, 0.2) is 0 Å². The summed E-state index contributed by atoms with van der Waals surface area (Å²) >= 11 is 4.20. The summed E-state index contributed by atoms with van der Waals surface area (Å²) in [6.07, 6.45) is 1.53. The zero-order valence-corrected chi connectivity index (χ0v) is 10.8. The molecule has 0 fully saturated rings. The first-order chi connectivity index (χ1) is 6.90. The van der Waals surface area contributed by atoms with Crippen molar-refractivity contribution in [1.29, 1.82) is 0 Å². The standard InChI is InChI=1S/C10H21N2O2S/c1-8(2)10(7-13)11(4)12(14)6-5-9(3)15/h7-10,15H,5-6H2,1-4H3/q-1/t9?,10-/m1/s1. The third-order valence-electron chi connectivity index (χ3n) is 2.34. The first kappa shape index (κ1) is 14.9. The van der Waals surface area contributed by atoms with Gasteiger partial charge in [0.1, 0.15) is 6.29 Å². The van der Waals surface area contributed by atoms with E-state index >= 15 is 0 Å². The van der Waals surface area contributed by atoms with Gasteiger partial charge in [-0.3, -0.25) is 0 Å². The Kier molecular flexibility index (Phi) is 7.17. The molecule has 0 radical (unpaired) electrons. The van der Waals surface area contributed by atoms with E-state index in [-0.39, 0.29) is 17.2 Å². The smallest absolute Gasteiger partial charge is 0.138 e. The van der Waals surface area contributed by atoms with Gasteiger partial charge in [-0.1, -0.05) is 20.8 Å². The Morgan fingerprint density at radius 2 is 1.93 bits per heavy atom. The maximum atomic E-state index is 11.6. The van der Waals surface area contributed by atoms with Crippen LogP contribution >= 0.6 is 12.6 Å². The second kappa shape index (κ2) is 7.22. The van der Waals surface area contributed by atoms with E-state index in [1.165, 1.54) is 5.01 Å². The summed E-state index contributed by atoms with van der Waals surface area (Å²) < 4.78 is 0. The lowest BCUT2D eigenvalue weighted by Gasteiger charge is -2.42. The molecule has 90 valence electrons. The van der Waals surface area contributed by atoms with Crippen LogP contribution in [0.4, 0.5) is 0 Å². The zero-order valence-electron chi connectivity index (χ0n) is 9.88. The first-order valence-electron chi connectivity index (χ1n) is 5.21. The summed E-state index contributed by atoms with van der Waals surface area (Å²) in [4.78, 5) is 10.8. The highest BCUT2D eigenvalue weighted by Gasteiger charge is 2.18. The number of thiol groups is 1. The van der Waals surface area contributed by atoms with Gasteiger partial charge >= 0.3 is 0 Å². The van der Waals surface area contributed by atoms with Gasteiger partial charge in [-0.15, -0.1) is 0 Å². The third-order valence-corrected chi connectivity index (χ3v) is 2.60. The Balaban J connectivity index is 4.15. The number of rotatable bonds is 7. The Labute approximate surface area is 97.6 Å². The number of hydrogen-bond acceptors (Lipinski definition) is 5. The SMILES string of the molecule is CC(S)CCN([O-])N(C)[C@H](C=O)C(C)C. The van der Waals surface area contributed by atoms with Crippen molar-refractivity contribution in [2.75, 3.05) is 13.6 Å². The van der Waals surface area contributed by atoms with Crippen LogP contribution in [0.5, 0.6) is 0 Å². The molecule has 0 aliphatic carbocycles. The molecule has 1 unspecified atom stereocenters. The molecule has 0 bridgehead atoms. The van der Waals surface area contributed by atoms with Crippen LogP contribution in [0.3, 0.4) is 0 Å². The molecule has 2 atom stereocenters. The Hall–Kier alpha value is -0.100. The predicted octanol–water partition coefficient (Wildman–Crippen LogP) is 1.56. The van der Waals surface area contributed by atoms with E-state index in [0.29, 0.717) is 13.0 Å². The van der Waals surface area contributed by atoms with Crippen LogP contribution in [0.25, 0.3) is 0 Å². The third kappa shape index (κ3) is 5.51. The fourth-order valence-electron chi connectivity index (χ4n) is 1.28. The first-order valence-corrected chi connectivity index (χ1v) is 5.72. The van der Waals surface area contributed by atoms with Gasteiger partial charge in [0.05, 0.1) is 6.04 Å². The van der Waals surface area contributed by atoms with E-state index in [1.807, 2.05) is 20.8 Å². The highest BCUT2D eigenvalue weighted by atomic mass is 32.1. The van der Waals surface area contributed by atoms with Gasteiger partial charge in [0.2, 0.25) is 0 Å². The van der Waals surface area contributed by atoms with Crippen LogP contribution in [-0.4, -0.2) is 41.4 Å². The summed E-state index contributed by atoms with van der Waals surface area (Å²) in [5, 5.41) is 14.1. The fourth-order valence-corrected chi connectivity index (χ4v) is 1.40. The summed E-state index contributed by atoms with van der Waals surface area (Å²) in [6.45, 7) is 6.16. The summed E-state index contributed by atoms with van der Waals surface area (Å²) in [5.41, 5.74) is 0. The number of hydroxylamine groups is 1. The maximum absolute atomic E-state index is 11.6. The number of likely N-dealkylation sites (N-methyl/N-ethyl adjacent to an activating group) is 1. The Bertz CT molecular complexity index is 188. The number of aldehydes is 1. The van der Waals surface area contributed by atoms with E-state index in [0.717, 1.165) is 11.5 Å². The molecule has 0 aromatic heterocycles. The monoisotopic (exact) mass is 233 g/mol. The van der Waals surface area contributed by atoms with Crippen molar-refractivity contribution < 1.29 is 4.79 Å². The molecular formula is C10H21N2O2S-.